The van der Waals surface area contributed by atoms with Gasteiger partial charge in [0.05, 0.1) is 17.7 Å². The molecule has 3 aromatic carbocycles. The molecule has 6 rings (SSSR count). The van der Waals surface area contributed by atoms with Crippen molar-refractivity contribution in [3.05, 3.63) is 95.8 Å². The summed E-state index contributed by atoms with van der Waals surface area (Å²) < 4.78 is 1.93. The summed E-state index contributed by atoms with van der Waals surface area (Å²) in [5.41, 5.74) is 6.06. The first-order valence-corrected chi connectivity index (χ1v) is 12.6. The van der Waals surface area contributed by atoms with Crippen molar-refractivity contribution >= 4 is 29.3 Å². The number of benzene rings is 3. The van der Waals surface area contributed by atoms with Crippen LogP contribution in [0.1, 0.15) is 39.1 Å². The zero-order chi connectivity index (χ0) is 27.1. The topological polar surface area (TPSA) is 113 Å². The third kappa shape index (κ3) is 4.48. The van der Waals surface area contributed by atoms with E-state index in [0.29, 0.717) is 29.8 Å². The number of imidazole rings is 1. The number of rotatable bonds is 5. The highest BCUT2D eigenvalue weighted by Gasteiger charge is 2.39. The van der Waals surface area contributed by atoms with Crippen LogP contribution < -0.4 is 10.6 Å². The molecule has 1 unspecified atom stereocenters. The van der Waals surface area contributed by atoms with Crippen LogP contribution in [0, 0.1) is 0 Å². The molecular formula is C30H25N5O4. The molecule has 1 aromatic heterocycles. The summed E-state index contributed by atoms with van der Waals surface area (Å²) in [6.07, 6.45) is 2.28. The molecule has 1 saturated heterocycles. The second-order valence-corrected chi connectivity index (χ2v) is 9.72. The Labute approximate surface area is 224 Å². The van der Waals surface area contributed by atoms with Gasteiger partial charge in [-0.2, -0.15) is 0 Å². The lowest BCUT2D eigenvalue weighted by atomic mass is 10.0. The number of piperidine rings is 1. The number of fused-ring (bicyclic) bond motifs is 1. The van der Waals surface area contributed by atoms with Gasteiger partial charge in [0.15, 0.2) is 0 Å². The molecule has 2 aliphatic heterocycles. The Morgan fingerprint density at radius 1 is 0.974 bits per heavy atom. The molecule has 2 N–H and O–H groups in total. The van der Waals surface area contributed by atoms with Gasteiger partial charge in [-0.1, -0.05) is 36.4 Å². The molecule has 9 nitrogen and oxygen atoms in total. The number of nitrogens with zero attached hydrogens (tertiary/aromatic N) is 3. The maximum atomic E-state index is 13.1. The molecule has 3 heterocycles. The summed E-state index contributed by atoms with van der Waals surface area (Å²) in [5, 5.41) is 5.25. The van der Waals surface area contributed by atoms with Crippen molar-refractivity contribution in [1.82, 2.24) is 19.8 Å². The summed E-state index contributed by atoms with van der Waals surface area (Å²) in [7, 11) is 1.92. The molecule has 1 fully saturated rings. The van der Waals surface area contributed by atoms with Crippen molar-refractivity contribution in [2.45, 2.75) is 25.4 Å². The van der Waals surface area contributed by atoms with Crippen molar-refractivity contribution < 1.29 is 19.2 Å². The molecular weight excluding hydrogens is 494 g/mol. The van der Waals surface area contributed by atoms with E-state index in [1.54, 1.807) is 24.5 Å². The fourth-order valence-electron chi connectivity index (χ4n) is 5.21. The number of anilines is 1. The highest BCUT2D eigenvalue weighted by atomic mass is 16.2. The Balaban J connectivity index is 1.24. The first-order chi connectivity index (χ1) is 18.9. The lowest BCUT2D eigenvalue weighted by Gasteiger charge is -2.29. The molecule has 4 aromatic rings. The lowest BCUT2D eigenvalue weighted by Crippen LogP contribution is -2.52. The molecule has 4 amide bonds. The monoisotopic (exact) mass is 519 g/mol. The Hall–Kier alpha value is -5.05. The number of carbonyl (C=O) groups excluding carboxylic acids is 4. The quantitative estimate of drug-likeness (QED) is 0.390. The van der Waals surface area contributed by atoms with Crippen LogP contribution in [-0.4, -0.2) is 44.1 Å². The van der Waals surface area contributed by atoms with E-state index in [0.717, 1.165) is 28.1 Å². The number of imide groups is 1. The third-order valence-electron chi connectivity index (χ3n) is 7.19. The van der Waals surface area contributed by atoms with E-state index in [-0.39, 0.29) is 24.1 Å². The van der Waals surface area contributed by atoms with E-state index in [2.05, 4.69) is 15.6 Å². The van der Waals surface area contributed by atoms with Crippen LogP contribution in [0.15, 0.2) is 79.1 Å². The van der Waals surface area contributed by atoms with Gasteiger partial charge in [-0.15, -0.1) is 0 Å². The molecule has 39 heavy (non-hydrogen) atoms. The average Bonchev–Trinajstić information content (AvgIpc) is 3.49. The largest absolute Gasteiger partial charge is 0.333 e. The first-order valence-electron chi connectivity index (χ1n) is 12.6. The minimum absolute atomic E-state index is 0.177. The van der Waals surface area contributed by atoms with Crippen molar-refractivity contribution in [3.63, 3.8) is 0 Å². The van der Waals surface area contributed by atoms with Crippen LogP contribution in [0.2, 0.25) is 0 Å². The summed E-state index contributed by atoms with van der Waals surface area (Å²) in [6, 6.07) is 21.5. The van der Waals surface area contributed by atoms with Gasteiger partial charge in [0.25, 0.3) is 11.8 Å². The second kappa shape index (κ2) is 9.68. The first kappa shape index (κ1) is 24.3. The maximum Gasteiger partial charge on any atom is 0.255 e. The van der Waals surface area contributed by atoms with Crippen LogP contribution in [-0.2, 0) is 23.2 Å². The van der Waals surface area contributed by atoms with Gasteiger partial charge in [-0.05, 0) is 48.4 Å². The number of carbonyl (C=O) groups is 4. The van der Waals surface area contributed by atoms with Crippen molar-refractivity contribution in [2.24, 2.45) is 7.05 Å². The zero-order valence-electron chi connectivity index (χ0n) is 21.2. The number of aryl methyl sites for hydroxylation is 1. The zero-order valence-corrected chi connectivity index (χ0v) is 21.2. The molecule has 0 spiro atoms. The Bertz CT molecular complexity index is 1630. The minimum atomic E-state index is -0.655. The number of hydrogen-bond donors (Lipinski definition) is 2. The van der Waals surface area contributed by atoms with Crippen LogP contribution in [0.25, 0.3) is 22.5 Å². The molecule has 0 radical (unpaired) electrons. The lowest BCUT2D eigenvalue weighted by molar-refractivity contribution is -0.136. The number of nitrogens with one attached hydrogen (secondary N) is 2. The van der Waals surface area contributed by atoms with Gasteiger partial charge in [0.2, 0.25) is 11.8 Å². The summed E-state index contributed by atoms with van der Waals surface area (Å²) >= 11 is 0. The SMILES string of the molecule is Cn1cnc(-c2ccc3c(c2)CN(C2CCC(=O)NC2=O)C3=O)c1-c1ccc(NC(=O)c2ccccc2)cc1. The molecule has 9 heteroatoms. The predicted octanol–water partition coefficient (Wildman–Crippen LogP) is 3.77. The van der Waals surface area contributed by atoms with Crippen molar-refractivity contribution in [1.29, 1.82) is 0 Å². The van der Waals surface area contributed by atoms with Crippen LogP contribution in [0.3, 0.4) is 0 Å². The predicted molar refractivity (Wildman–Crippen MR) is 145 cm³/mol. The van der Waals surface area contributed by atoms with E-state index >= 15 is 0 Å². The third-order valence-corrected chi connectivity index (χ3v) is 7.19. The van der Waals surface area contributed by atoms with E-state index in [1.807, 2.05) is 66.2 Å². The van der Waals surface area contributed by atoms with Gasteiger partial charge < -0.3 is 14.8 Å². The van der Waals surface area contributed by atoms with Crippen LogP contribution in [0.4, 0.5) is 5.69 Å². The average molecular weight is 520 g/mol. The van der Waals surface area contributed by atoms with E-state index in [4.69, 9.17) is 0 Å². The van der Waals surface area contributed by atoms with E-state index in [9.17, 15) is 19.2 Å². The number of amides is 4. The Kier molecular flexibility index (Phi) is 6.03. The summed E-state index contributed by atoms with van der Waals surface area (Å²) in [6.45, 7) is 0.298. The fourth-order valence-corrected chi connectivity index (χ4v) is 5.21. The molecule has 2 aliphatic rings. The molecule has 0 saturated carbocycles. The Morgan fingerprint density at radius 2 is 1.72 bits per heavy atom. The summed E-state index contributed by atoms with van der Waals surface area (Å²) in [5.74, 6) is -1.12. The smallest absolute Gasteiger partial charge is 0.255 e. The van der Waals surface area contributed by atoms with E-state index in [1.165, 1.54) is 4.90 Å². The molecule has 1 atom stereocenters. The van der Waals surface area contributed by atoms with Gasteiger partial charge >= 0.3 is 0 Å². The number of aromatic nitrogens is 2. The van der Waals surface area contributed by atoms with Gasteiger partial charge in [0, 0.05) is 48.0 Å². The molecule has 0 aliphatic carbocycles. The maximum absolute atomic E-state index is 13.1. The fraction of sp³-hybridized carbons (Fsp3) is 0.167. The van der Waals surface area contributed by atoms with Crippen molar-refractivity contribution in [3.8, 4) is 22.5 Å². The Morgan fingerprint density at radius 3 is 2.46 bits per heavy atom. The standard InChI is InChI=1S/C30H25N5O4/c1-34-17-31-26(27(34)18-7-10-22(11-8-18)32-28(37)19-5-3-2-4-6-19)20-9-12-23-21(15-20)16-35(30(23)39)24-13-14-25(36)33-29(24)38/h2-12,15,17,24H,13-14,16H2,1H3,(H,32,37)(H,33,36,38). The van der Waals surface area contributed by atoms with Gasteiger partial charge in [-0.25, -0.2) is 4.98 Å². The van der Waals surface area contributed by atoms with Gasteiger partial charge in [-0.3, -0.25) is 24.5 Å². The van der Waals surface area contributed by atoms with Gasteiger partial charge in [0.1, 0.15) is 6.04 Å². The summed E-state index contributed by atoms with van der Waals surface area (Å²) in [4.78, 5) is 55.7. The highest BCUT2D eigenvalue weighted by Crippen LogP contribution is 2.35. The van der Waals surface area contributed by atoms with E-state index < -0.39 is 11.9 Å². The van der Waals surface area contributed by atoms with Crippen LogP contribution in [0.5, 0.6) is 0 Å². The second-order valence-electron chi connectivity index (χ2n) is 9.72. The molecule has 194 valence electrons. The molecule has 0 bridgehead atoms. The highest BCUT2D eigenvalue weighted by molar-refractivity contribution is 6.06. The number of hydrogen-bond acceptors (Lipinski definition) is 5. The van der Waals surface area contributed by atoms with Crippen molar-refractivity contribution in [2.75, 3.05) is 5.32 Å². The minimum Gasteiger partial charge on any atom is -0.333 e. The van der Waals surface area contributed by atoms with Crippen LogP contribution >= 0.6 is 0 Å². The normalized spacial score (nSPS) is 16.7.